The molecule has 3 saturated heterocycles. The fourth-order valence-corrected chi connectivity index (χ4v) is 12.7. The molecule has 16 heteroatoms. The Labute approximate surface area is 414 Å². The summed E-state index contributed by atoms with van der Waals surface area (Å²) in [4.78, 5) is 30.8. The van der Waals surface area contributed by atoms with Gasteiger partial charge in [-0.25, -0.2) is 29.3 Å². The molecule has 0 saturated carbocycles. The molecule has 4 aromatic heterocycles. The summed E-state index contributed by atoms with van der Waals surface area (Å²) < 4.78 is 4.03. The summed E-state index contributed by atoms with van der Waals surface area (Å²) in [6.45, 7) is 18.8. The van der Waals surface area contributed by atoms with Crippen LogP contribution in [0.15, 0.2) is 60.4 Å². The van der Waals surface area contributed by atoms with E-state index in [-0.39, 0.29) is 12.1 Å². The number of aromatic nitrogens is 8. The average Bonchev–Trinajstić information content (AvgIpc) is 4.00. The van der Waals surface area contributed by atoms with Crippen molar-refractivity contribution >= 4 is 80.4 Å². The van der Waals surface area contributed by atoms with E-state index in [2.05, 4.69) is 57.2 Å². The molecule has 4 aliphatic heterocycles. The second kappa shape index (κ2) is 19.8. The molecular formula is C51H62Cl4N12. The molecule has 6 aromatic rings. The zero-order valence-corrected chi connectivity index (χ0v) is 42.4. The number of rotatable bonds is 10. The van der Waals surface area contributed by atoms with Crippen molar-refractivity contribution < 1.29 is 0 Å². The van der Waals surface area contributed by atoms with Crippen LogP contribution < -0.4 is 9.80 Å². The Balaban J connectivity index is 0.848. The summed E-state index contributed by atoms with van der Waals surface area (Å²) in [5.41, 5.74) is 8.15. The Bertz CT molecular complexity index is 2780. The van der Waals surface area contributed by atoms with Gasteiger partial charge in [0.05, 0.1) is 35.9 Å². The number of anilines is 2. The summed E-state index contributed by atoms with van der Waals surface area (Å²) in [6, 6.07) is 12.1. The molecule has 6 atom stereocenters. The number of hydrogen-bond acceptors (Lipinski definition) is 10. The number of benzene rings is 2. The van der Waals surface area contributed by atoms with Crippen molar-refractivity contribution in [1.29, 1.82) is 0 Å². The standard InChI is InChI=1S/C51H62Cl4N12/c1-31-28-64(21-16-43(31)62-18-9-7-6-8-10-19-62)47-27-57-49-34(4)61-67(51(49)59-47)45(40-14-12-38(53)25-42(40)55)23-36-15-20-63(30-36)44-17-22-65(29-32(44)2)46-26-56-48-33(3)60-66(50(48)58-46)35(5)39-13-11-37(52)24-41(39)54/h11-15,24-27,31-32,35,43-45H,6-10,16-23,28-30H2,1-5H3. The Kier molecular flexibility index (Phi) is 13.8. The monoisotopic (exact) mass is 982 g/mol. The highest BCUT2D eigenvalue weighted by Gasteiger charge is 2.36. The Morgan fingerprint density at radius 1 is 0.642 bits per heavy atom. The third kappa shape index (κ3) is 9.52. The van der Waals surface area contributed by atoms with Gasteiger partial charge in [-0.1, -0.05) is 103 Å². The van der Waals surface area contributed by atoms with Crippen LogP contribution in [0.25, 0.3) is 22.3 Å². The molecule has 10 rings (SSSR count). The Hall–Kier alpha value is -4.04. The van der Waals surface area contributed by atoms with Gasteiger partial charge in [0.2, 0.25) is 0 Å². The highest BCUT2D eigenvalue weighted by Crippen LogP contribution is 2.38. The van der Waals surface area contributed by atoms with E-state index in [0.29, 0.717) is 44.0 Å². The minimum absolute atomic E-state index is 0.153. The molecule has 0 radical (unpaired) electrons. The summed E-state index contributed by atoms with van der Waals surface area (Å²) in [7, 11) is 0. The van der Waals surface area contributed by atoms with Crippen LogP contribution in [0.2, 0.25) is 20.1 Å². The first-order valence-electron chi connectivity index (χ1n) is 24.4. The molecule has 4 aliphatic rings. The molecule has 0 amide bonds. The van der Waals surface area contributed by atoms with Crippen molar-refractivity contribution in [3.8, 4) is 0 Å². The van der Waals surface area contributed by atoms with Gasteiger partial charge in [0, 0.05) is 71.4 Å². The van der Waals surface area contributed by atoms with Crippen LogP contribution in [0, 0.1) is 25.7 Å². The van der Waals surface area contributed by atoms with E-state index >= 15 is 0 Å². The minimum atomic E-state index is -0.197. The summed E-state index contributed by atoms with van der Waals surface area (Å²) in [6.07, 6.45) is 15.9. The molecule has 3 fully saturated rings. The maximum atomic E-state index is 7.08. The predicted octanol–water partition coefficient (Wildman–Crippen LogP) is 11.4. The summed E-state index contributed by atoms with van der Waals surface area (Å²) in [5, 5.41) is 12.5. The van der Waals surface area contributed by atoms with E-state index in [1.54, 1.807) is 6.07 Å². The maximum Gasteiger partial charge on any atom is 0.179 e. The van der Waals surface area contributed by atoms with Crippen LogP contribution in [0.5, 0.6) is 0 Å². The number of halogens is 4. The Morgan fingerprint density at radius 2 is 1.16 bits per heavy atom. The van der Waals surface area contributed by atoms with Gasteiger partial charge in [0.1, 0.15) is 22.7 Å². The van der Waals surface area contributed by atoms with E-state index in [1.807, 2.05) is 55.2 Å². The lowest BCUT2D eigenvalue weighted by Crippen LogP contribution is -2.51. The van der Waals surface area contributed by atoms with Crippen molar-refractivity contribution in [2.75, 3.05) is 62.2 Å². The predicted molar refractivity (Wildman–Crippen MR) is 273 cm³/mol. The normalized spacial score (nSPS) is 23.4. The van der Waals surface area contributed by atoms with Gasteiger partial charge in [-0.15, -0.1) is 0 Å². The SMILES string of the molecule is Cc1nn(C(C)c2ccc(Cl)cc2Cl)c2nc(N3CCC(N4CC=C(CC(c5ccc(Cl)cc5Cl)n5nc(C)c6ncc(N7CCC(N8CCCCCCC8)C(C)C7)nc65)C4)C(C)C3)cnc12. The van der Waals surface area contributed by atoms with E-state index in [1.165, 1.54) is 50.8 Å². The Morgan fingerprint density at radius 3 is 1.73 bits per heavy atom. The molecule has 12 nitrogen and oxygen atoms in total. The molecule has 8 heterocycles. The van der Waals surface area contributed by atoms with Gasteiger partial charge in [-0.2, -0.15) is 10.2 Å². The first-order valence-corrected chi connectivity index (χ1v) is 25.9. The minimum Gasteiger partial charge on any atom is -0.355 e. The van der Waals surface area contributed by atoms with E-state index in [9.17, 15) is 0 Å². The number of nitrogens with zero attached hydrogens (tertiary/aromatic N) is 12. The van der Waals surface area contributed by atoms with Crippen LogP contribution >= 0.6 is 46.4 Å². The number of fused-ring (bicyclic) bond motifs is 2. The summed E-state index contributed by atoms with van der Waals surface area (Å²) in [5.74, 6) is 2.72. The highest BCUT2D eigenvalue weighted by molar-refractivity contribution is 6.35. The van der Waals surface area contributed by atoms with Gasteiger partial charge < -0.3 is 9.80 Å². The maximum absolute atomic E-state index is 7.08. The fourth-order valence-electron chi connectivity index (χ4n) is 11.6. The van der Waals surface area contributed by atoms with Crippen molar-refractivity contribution in [2.45, 2.75) is 110 Å². The number of aryl methyl sites for hydroxylation is 2. The van der Waals surface area contributed by atoms with Gasteiger partial charge in [-0.05, 0) is 113 Å². The second-order valence-electron chi connectivity index (χ2n) is 19.7. The average molecular weight is 985 g/mol. The van der Waals surface area contributed by atoms with Gasteiger partial charge >= 0.3 is 0 Å². The molecule has 0 N–H and O–H groups in total. The smallest absolute Gasteiger partial charge is 0.179 e. The quantitative estimate of drug-likeness (QED) is 0.123. The fraction of sp³-hybridized carbons (Fsp3) is 0.529. The number of likely N-dealkylation sites (tertiary alicyclic amines) is 1. The number of hydrogen-bond donors (Lipinski definition) is 0. The van der Waals surface area contributed by atoms with Crippen molar-refractivity contribution in [1.82, 2.24) is 49.3 Å². The van der Waals surface area contributed by atoms with E-state index in [0.717, 1.165) is 115 Å². The number of piperidine rings is 2. The molecule has 0 aliphatic carbocycles. The lowest BCUT2D eigenvalue weighted by atomic mass is 9.91. The van der Waals surface area contributed by atoms with Crippen molar-refractivity contribution in [3.05, 3.63) is 103 Å². The van der Waals surface area contributed by atoms with Crippen LogP contribution in [0.4, 0.5) is 11.6 Å². The lowest BCUT2D eigenvalue weighted by molar-refractivity contribution is 0.118. The zero-order valence-electron chi connectivity index (χ0n) is 39.4. The molecule has 2 aromatic carbocycles. The first kappa shape index (κ1) is 46.7. The first-order chi connectivity index (χ1) is 32.4. The molecule has 0 spiro atoms. The highest BCUT2D eigenvalue weighted by atomic mass is 35.5. The van der Waals surface area contributed by atoms with Gasteiger partial charge in [0.15, 0.2) is 11.3 Å². The van der Waals surface area contributed by atoms with Crippen LogP contribution in [-0.2, 0) is 0 Å². The van der Waals surface area contributed by atoms with Crippen LogP contribution in [0.1, 0.15) is 107 Å². The van der Waals surface area contributed by atoms with Gasteiger partial charge in [0.25, 0.3) is 0 Å². The van der Waals surface area contributed by atoms with E-state index < -0.39 is 0 Å². The molecule has 354 valence electrons. The largest absolute Gasteiger partial charge is 0.355 e. The second-order valence-corrected chi connectivity index (χ2v) is 21.4. The third-order valence-corrected chi connectivity index (χ3v) is 16.3. The molecule has 6 unspecified atom stereocenters. The van der Waals surface area contributed by atoms with Crippen LogP contribution in [0.3, 0.4) is 0 Å². The summed E-state index contributed by atoms with van der Waals surface area (Å²) >= 11 is 26.5. The lowest BCUT2D eigenvalue weighted by Gasteiger charge is -2.43. The molecule has 67 heavy (non-hydrogen) atoms. The van der Waals surface area contributed by atoms with Crippen molar-refractivity contribution in [3.63, 3.8) is 0 Å². The topological polar surface area (TPSA) is 100 Å². The van der Waals surface area contributed by atoms with Gasteiger partial charge in [-0.3, -0.25) is 9.80 Å². The van der Waals surface area contributed by atoms with E-state index in [4.69, 9.17) is 76.5 Å². The molecule has 0 bridgehead atoms. The van der Waals surface area contributed by atoms with Crippen molar-refractivity contribution in [2.24, 2.45) is 11.8 Å². The third-order valence-electron chi connectivity index (χ3n) is 15.2. The zero-order chi connectivity index (χ0) is 46.5. The molecular weight excluding hydrogens is 922 g/mol. The van der Waals surface area contributed by atoms with Crippen LogP contribution in [-0.4, -0.2) is 114 Å².